The number of sulfonamides is 1. The summed E-state index contributed by atoms with van der Waals surface area (Å²) in [6, 6.07) is 9.84. The maximum absolute atomic E-state index is 13.6. The van der Waals surface area contributed by atoms with Crippen molar-refractivity contribution in [1.82, 2.24) is 9.97 Å². The van der Waals surface area contributed by atoms with Gasteiger partial charge in [-0.3, -0.25) is 9.52 Å². The summed E-state index contributed by atoms with van der Waals surface area (Å²) < 4.78 is 74.5. The van der Waals surface area contributed by atoms with Crippen molar-refractivity contribution in [3.8, 4) is 17.0 Å². The predicted octanol–water partition coefficient (Wildman–Crippen LogP) is 4.51. The molecule has 0 saturated heterocycles. The first-order chi connectivity index (χ1) is 16.4. The summed E-state index contributed by atoms with van der Waals surface area (Å²) in [5.41, 5.74) is -0.327. The number of carboxylic acids is 1. The number of nitrogens with zero attached hydrogens (tertiary/aromatic N) is 2. The Morgan fingerprint density at radius 3 is 2.49 bits per heavy atom. The standard InChI is InChI=1S/C23H20F3N3O5S/c1-13-4-2-3-5-17(13)18-11-20(28-12-19(18)23(24,25)26)29-35(32,33)16-6-7-27-21(10-16)34-15-8-14(9-15)22(30)31/h2-7,10-12,14-15H,8-9H2,1H3,(H,28,29)(H,30,31). The number of hydrogen-bond acceptors (Lipinski definition) is 6. The average molecular weight is 507 g/mol. The van der Waals surface area contributed by atoms with Gasteiger partial charge in [-0.1, -0.05) is 24.3 Å². The van der Waals surface area contributed by atoms with Gasteiger partial charge in [-0.25, -0.2) is 18.4 Å². The highest BCUT2D eigenvalue weighted by atomic mass is 32.2. The van der Waals surface area contributed by atoms with Crippen LogP contribution in [-0.2, 0) is 21.0 Å². The smallest absolute Gasteiger partial charge is 0.418 e. The van der Waals surface area contributed by atoms with Crippen molar-refractivity contribution in [3.05, 3.63) is 66.0 Å². The highest BCUT2D eigenvalue weighted by Gasteiger charge is 2.37. The van der Waals surface area contributed by atoms with Crippen molar-refractivity contribution in [1.29, 1.82) is 0 Å². The van der Waals surface area contributed by atoms with Crippen LogP contribution in [0.3, 0.4) is 0 Å². The summed E-state index contributed by atoms with van der Waals surface area (Å²) in [6.07, 6.45) is -2.73. The third-order valence-electron chi connectivity index (χ3n) is 5.63. The third-order valence-corrected chi connectivity index (χ3v) is 6.98. The van der Waals surface area contributed by atoms with Gasteiger partial charge in [0.25, 0.3) is 10.0 Å². The average Bonchev–Trinajstić information content (AvgIpc) is 2.75. The number of rotatable bonds is 7. The number of aromatic nitrogens is 2. The lowest BCUT2D eigenvalue weighted by atomic mass is 9.82. The Bertz CT molecular complexity index is 1370. The Hall–Kier alpha value is -3.67. The Morgan fingerprint density at radius 1 is 1.11 bits per heavy atom. The summed E-state index contributed by atoms with van der Waals surface area (Å²) in [5, 5.41) is 8.95. The molecule has 1 fully saturated rings. The van der Waals surface area contributed by atoms with Crippen LogP contribution in [0.25, 0.3) is 11.1 Å². The molecule has 1 aliphatic rings. The molecule has 2 heterocycles. The first-order valence-corrected chi connectivity index (χ1v) is 11.9. The zero-order valence-corrected chi connectivity index (χ0v) is 19.1. The van der Waals surface area contributed by atoms with Crippen molar-refractivity contribution < 1.29 is 36.2 Å². The lowest BCUT2D eigenvalue weighted by Gasteiger charge is -2.31. The first-order valence-electron chi connectivity index (χ1n) is 10.5. The van der Waals surface area contributed by atoms with E-state index in [0.29, 0.717) is 17.3 Å². The molecule has 1 aliphatic carbocycles. The Morgan fingerprint density at radius 2 is 1.83 bits per heavy atom. The number of alkyl halides is 3. The number of anilines is 1. The number of carboxylic acid groups (broad SMARTS) is 1. The van der Waals surface area contributed by atoms with Crippen LogP contribution in [0.1, 0.15) is 24.0 Å². The summed E-state index contributed by atoms with van der Waals surface area (Å²) in [5.74, 6) is -1.74. The number of ether oxygens (including phenoxy) is 1. The van der Waals surface area contributed by atoms with Crippen LogP contribution in [0.15, 0.2) is 59.8 Å². The summed E-state index contributed by atoms with van der Waals surface area (Å²) in [6.45, 7) is 1.65. The highest BCUT2D eigenvalue weighted by molar-refractivity contribution is 7.92. The van der Waals surface area contributed by atoms with Crippen LogP contribution in [0.4, 0.5) is 19.0 Å². The Labute approximate surface area is 198 Å². The molecule has 3 aromatic rings. The normalized spacial score (nSPS) is 17.9. The van der Waals surface area contributed by atoms with Crippen LogP contribution < -0.4 is 9.46 Å². The monoisotopic (exact) mass is 507 g/mol. The largest absolute Gasteiger partial charge is 0.481 e. The molecule has 0 aliphatic heterocycles. The molecule has 0 bridgehead atoms. The van der Waals surface area contributed by atoms with Crippen LogP contribution >= 0.6 is 0 Å². The molecule has 0 amide bonds. The van der Waals surface area contributed by atoms with Gasteiger partial charge in [-0.2, -0.15) is 13.2 Å². The lowest BCUT2D eigenvalue weighted by Crippen LogP contribution is -2.38. The van der Waals surface area contributed by atoms with Crippen molar-refractivity contribution in [2.24, 2.45) is 5.92 Å². The van der Waals surface area contributed by atoms with Crippen molar-refractivity contribution in [2.45, 2.75) is 36.9 Å². The number of aryl methyl sites for hydroxylation is 1. The van der Waals surface area contributed by atoms with Gasteiger partial charge in [-0.15, -0.1) is 0 Å². The number of benzene rings is 1. The molecule has 2 aromatic heterocycles. The number of aliphatic carboxylic acids is 1. The van der Waals surface area contributed by atoms with E-state index in [0.717, 1.165) is 12.1 Å². The van der Waals surface area contributed by atoms with E-state index in [-0.39, 0.29) is 35.0 Å². The molecule has 0 radical (unpaired) electrons. The summed E-state index contributed by atoms with van der Waals surface area (Å²) in [4.78, 5) is 18.3. The Balaban J connectivity index is 1.60. The first kappa shape index (κ1) is 24.5. The molecule has 1 aromatic carbocycles. The van der Waals surface area contributed by atoms with Gasteiger partial charge >= 0.3 is 12.1 Å². The minimum atomic E-state index is -4.69. The maximum Gasteiger partial charge on any atom is 0.418 e. The predicted molar refractivity (Wildman–Crippen MR) is 119 cm³/mol. The van der Waals surface area contributed by atoms with E-state index in [1.165, 1.54) is 18.3 Å². The SMILES string of the molecule is Cc1ccccc1-c1cc(NS(=O)(=O)c2ccnc(OC3CC(C(=O)O)C3)c2)ncc1C(F)(F)F. The van der Waals surface area contributed by atoms with E-state index in [2.05, 4.69) is 14.7 Å². The zero-order valence-electron chi connectivity index (χ0n) is 18.3. The zero-order chi connectivity index (χ0) is 25.4. The van der Waals surface area contributed by atoms with E-state index < -0.39 is 39.8 Å². The fourth-order valence-corrected chi connectivity index (χ4v) is 4.69. The number of pyridine rings is 2. The van der Waals surface area contributed by atoms with Crippen LogP contribution in [0.2, 0.25) is 0 Å². The van der Waals surface area contributed by atoms with E-state index in [1.54, 1.807) is 25.1 Å². The van der Waals surface area contributed by atoms with E-state index in [9.17, 15) is 26.4 Å². The number of hydrogen-bond donors (Lipinski definition) is 2. The van der Waals surface area contributed by atoms with E-state index in [4.69, 9.17) is 9.84 Å². The van der Waals surface area contributed by atoms with Crippen molar-refractivity contribution in [3.63, 3.8) is 0 Å². The minimum Gasteiger partial charge on any atom is -0.481 e. The van der Waals surface area contributed by atoms with Gasteiger partial charge in [0, 0.05) is 18.5 Å². The second-order valence-electron chi connectivity index (χ2n) is 8.11. The lowest BCUT2D eigenvalue weighted by molar-refractivity contribution is -0.148. The second kappa shape index (κ2) is 9.17. The fourth-order valence-electron chi connectivity index (χ4n) is 3.69. The molecule has 184 valence electrons. The van der Waals surface area contributed by atoms with Gasteiger partial charge in [-0.05, 0) is 48.6 Å². The van der Waals surface area contributed by atoms with Crippen LogP contribution in [0.5, 0.6) is 5.88 Å². The fraction of sp³-hybridized carbons (Fsp3) is 0.261. The molecule has 8 nitrogen and oxygen atoms in total. The minimum absolute atomic E-state index is 0.0114. The van der Waals surface area contributed by atoms with Crippen LogP contribution in [-0.4, -0.2) is 35.6 Å². The third kappa shape index (κ3) is 5.37. The van der Waals surface area contributed by atoms with Gasteiger partial charge in [0.05, 0.1) is 16.4 Å². The quantitative estimate of drug-likeness (QED) is 0.483. The van der Waals surface area contributed by atoms with Crippen molar-refractivity contribution >= 4 is 21.8 Å². The molecule has 35 heavy (non-hydrogen) atoms. The van der Waals surface area contributed by atoms with E-state index in [1.807, 2.05) is 0 Å². The molecule has 12 heteroatoms. The summed E-state index contributed by atoms with van der Waals surface area (Å²) >= 11 is 0. The molecule has 2 N–H and O–H groups in total. The second-order valence-corrected chi connectivity index (χ2v) is 9.79. The van der Waals surface area contributed by atoms with Crippen LogP contribution in [0, 0.1) is 12.8 Å². The molecule has 4 rings (SSSR count). The topological polar surface area (TPSA) is 118 Å². The molecular formula is C23H20F3N3O5S. The Kier molecular flexibility index (Phi) is 6.41. The van der Waals surface area contributed by atoms with Crippen molar-refractivity contribution in [2.75, 3.05) is 4.72 Å². The number of halogens is 3. The van der Waals surface area contributed by atoms with Gasteiger partial charge in [0.15, 0.2) is 0 Å². The highest BCUT2D eigenvalue weighted by Crippen LogP contribution is 2.39. The molecule has 0 spiro atoms. The molecule has 1 saturated carbocycles. The van der Waals surface area contributed by atoms with E-state index >= 15 is 0 Å². The molecule has 0 unspecified atom stereocenters. The van der Waals surface area contributed by atoms with Gasteiger partial charge < -0.3 is 9.84 Å². The molecular weight excluding hydrogens is 487 g/mol. The van der Waals surface area contributed by atoms with Gasteiger partial charge in [0.2, 0.25) is 5.88 Å². The number of carbonyl (C=O) groups is 1. The van der Waals surface area contributed by atoms with Gasteiger partial charge in [0.1, 0.15) is 11.9 Å². The number of nitrogens with one attached hydrogen (secondary N) is 1. The summed E-state index contributed by atoms with van der Waals surface area (Å²) in [7, 11) is -4.25. The molecule has 0 atom stereocenters. The maximum atomic E-state index is 13.6.